The van der Waals surface area contributed by atoms with Gasteiger partial charge in [-0.1, -0.05) is 62.2 Å². The monoisotopic (exact) mass is 521 g/mol. The molecule has 0 saturated heterocycles. The molecule has 1 aromatic heterocycles. The second-order valence-corrected chi connectivity index (χ2v) is 9.61. The van der Waals surface area contributed by atoms with Gasteiger partial charge in [-0.15, -0.1) is 0 Å². The van der Waals surface area contributed by atoms with Crippen LogP contribution in [-0.4, -0.2) is 53.0 Å². The summed E-state index contributed by atoms with van der Waals surface area (Å²) in [5.74, 6) is -0.340. The molecule has 2 amide bonds. The second-order valence-electron chi connectivity index (χ2n) is 9.61. The summed E-state index contributed by atoms with van der Waals surface area (Å²) in [6, 6.07) is 20.3. The van der Waals surface area contributed by atoms with Crippen LogP contribution in [0.1, 0.15) is 55.8 Å². The van der Waals surface area contributed by atoms with Crippen molar-refractivity contribution in [3.8, 4) is 0 Å². The zero-order chi connectivity index (χ0) is 27.2. The number of carbonyl (C=O) groups excluding carboxylic acids is 2. The van der Waals surface area contributed by atoms with Crippen LogP contribution in [0.5, 0.6) is 0 Å². The molecule has 6 nitrogen and oxygen atoms in total. The molecule has 0 N–H and O–H groups in total. The predicted molar refractivity (Wildman–Crippen MR) is 148 cm³/mol. The van der Waals surface area contributed by atoms with E-state index >= 15 is 0 Å². The van der Waals surface area contributed by atoms with E-state index < -0.39 is 0 Å². The highest BCUT2D eigenvalue weighted by molar-refractivity contribution is 5.84. The Hall–Kier alpha value is -3.45. The Morgan fingerprint density at radius 3 is 2.32 bits per heavy atom. The normalized spacial score (nSPS) is 10.9. The maximum atomic E-state index is 13.7. The first kappa shape index (κ1) is 29.1. The Labute approximate surface area is 226 Å². The first-order valence-corrected chi connectivity index (χ1v) is 13.5. The molecule has 204 valence electrons. The largest absolute Gasteiger partial charge is 0.385 e. The van der Waals surface area contributed by atoms with Crippen molar-refractivity contribution in [3.63, 3.8) is 0 Å². The lowest BCUT2D eigenvalue weighted by Gasteiger charge is -2.28. The molecule has 0 atom stereocenters. The molecule has 0 unspecified atom stereocenters. The number of hydrogen-bond acceptors (Lipinski definition) is 3. The van der Waals surface area contributed by atoms with Gasteiger partial charge in [-0.3, -0.25) is 9.59 Å². The van der Waals surface area contributed by atoms with Crippen LogP contribution >= 0.6 is 0 Å². The van der Waals surface area contributed by atoms with Crippen molar-refractivity contribution in [3.05, 3.63) is 95.6 Å². The van der Waals surface area contributed by atoms with E-state index in [9.17, 15) is 14.0 Å². The van der Waals surface area contributed by atoms with Gasteiger partial charge >= 0.3 is 0 Å². The first-order chi connectivity index (χ1) is 18.5. The lowest BCUT2D eigenvalue weighted by Crippen LogP contribution is -2.43. The van der Waals surface area contributed by atoms with Crippen molar-refractivity contribution in [2.45, 2.75) is 58.7 Å². The van der Waals surface area contributed by atoms with Crippen LogP contribution in [0, 0.1) is 5.82 Å². The van der Waals surface area contributed by atoms with Crippen molar-refractivity contribution < 1.29 is 18.7 Å². The Morgan fingerprint density at radius 2 is 1.61 bits per heavy atom. The zero-order valence-corrected chi connectivity index (χ0v) is 22.7. The molecule has 0 aliphatic rings. The molecule has 0 bridgehead atoms. The summed E-state index contributed by atoms with van der Waals surface area (Å²) in [5, 5.41) is 0. The van der Waals surface area contributed by atoms with Gasteiger partial charge in [0, 0.05) is 51.7 Å². The van der Waals surface area contributed by atoms with Gasteiger partial charge in [0.1, 0.15) is 5.82 Å². The molecule has 0 saturated carbocycles. The first-order valence-electron chi connectivity index (χ1n) is 13.5. The number of hydrogen-bond donors (Lipinski definition) is 0. The Balaban J connectivity index is 1.77. The Morgan fingerprint density at radius 1 is 0.842 bits per heavy atom. The SMILES string of the molecule is CCCCCC(=O)N(CCCOC)CC(=O)N(Cc1ccccc1)Cc1cccn1Cc1ccc(F)cc1. The molecule has 1 heterocycles. The van der Waals surface area contributed by atoms with Gasteiger partial charge in [0.25, 0.3) is 0 Å². The van der Waals surface area contributed by atoms with Gasteiger partial charge < -0.3 is 19.1 Å². The van der Waals surface area contributed by atoms with Crippen LogP contribution in [0.4, 0.5) is 4.39 Å². The fraction of sp³-hybridized carbons (Fsp3) is 0.419. The summed E-state index contributed by atoms with van der Waals surface area (Å²) in [5.41, 5.74) is 2.98. The molecular formula is C31H40FN3O3. The van der Waals surface area contributed by atoms with Gasteiger partial charge in [-0.05, 0) is 48.2 Å². The molecule has 2 aromatic carbocycles. The van der Waals surface area contributed by atoms with E-state index in [1.165, 1.54) is 12.1 Å². The number of rotatable bonds is 16. The standard InChI is InChI=1S/C31H40FN3O3/c1-3-4-6-14-30(36)34(20-10-21-38-2)25-31(37)35(23-26-11-7-5-8-12-26)24-29-13-9-19-33(29)22-27-15-17-28(32)18-16-27/h5,7-9,11-13,15-19H,3-4,6,10,14,20-25H2,1-2H3. The van der Waals surface area contributed by atoms with E-state index in [1.54, 1.807) is 24.1 Å². The summed E-state index contributed by atoms with van der Waals surface area (Å²) in [4.78, 5) is 30.2. The lowest BCUT2D eigenvalue weighted by molar-refractivity contribution is -0.141. The minimum atomic E-state index is -0.264. The van der Waals surface area contributed by atoms with Gasteiger partial charge in [0.2, 0.25) is 11.8 Å². The quantitative estimate of drug-likeness (QED) is 0.229. The highest BCUT2D eigenvalue weighted by Gasteiger charge is 2.22. The summed E-state index contributed by atoms with van der Waals surface area (Å²) >= 11 is 0. The van der Waals surface area contributed by atoms with Gasteiger partial charge in [0.15, 0.2) is 0 Å². The van der Waals surface area contributed by atoms with Gasteiger partial charge in [-0.2, -0.15) is 0 Å². The van der Waals surface area contributed by atoms with Crippen LogP contribution < -0.4 is 0 Å². The maximum Gasteiger partial charge on any atom is 0.242 e. The molecule has 0 aliphatic heterocycles. The van der Waals surface area contributed by atoms with E-state index in [0.29, 0.717) is 45.6 Å². The number of ether oxygens (including phenoxy) is 1. The molecule has 7 heteroatoms. The number of unbranched alkanes of at least 4 members (excludes halogenated alkanes) is 2. The van der Waals surface area contributed by atoms with E-state index in [0.717, 1.165) is 36.1 Å². The lowest BCUT2D eigenvalue weighted by atomic mass is 10.1. The maximum absolute atomic E-state index is 13.7. The molecule has 0 fully saturated rings. The average molecular weight is 522 g/mol. The van der Waals surface area contributed by atoms with E-state index in [1.807, 2.05) is 53.6 Å². The van der Waals surface area contributed by atoms with Crippen LogP contribution in [0.15, 0.2) is 72.9 Å². The number of aromatic nitrogens is 1. The molecule has 38 heavy (non-hydrogen) atoms. The highest BCUT2D eigenvalue weighted by atomic mass is 19.1. The number of nitrogens with zero attached hydrogens (tertiary/aromatic N) is 3. The van der Waals surface area contributed by atoms with Crippen molar-refractivity contribution in [1.29, 1.82) is 0 Å². The van der Waals surface area contributed by atoms with E-state index in [-0.39, 0.29) is 24.2 Å². The number of carbonyl (C=O) groups is 2. The van der Waals surface area contributed by atoms with Crippen LogP contribution in [0.2, 0.25) is 0 Å². The topological polar surface area (TPSA) is 54.8 Å². The summed E-state index contributed by atoms with van der Waals surface area (Å²) in [6.07, 6.45) is 5.97. The fourth-order valence-electron chi connectivity index (χ4n) is 4.40. The van der Waals surface area contributed by atoms with Crippen LogP contribution in [0.25, 0.3) is 0 Å². The number of halogens is 1. The van der Waals surface area contributed by atoms with Crippen molar-refractivity contribution in [1.82, 2.24) is 14.4 Å². The fourth-order valence-corrected chi connectivity index (χ4v) is 4.40. The average Bonchev–Trinajstić information content (AvgIpc) is 3.36. The predicted octanol–water partition coefficient (Wildman–Crippen LogP) is 5.65. The zero-order valence-electron chi connectivity index (χ0n) is 22.7. The number of amides is 2. The molecule has 0 radical (unpaired) electrons. The number of methoxy groups -OCH3 is 1. The third kappa shape index (κ3) is 9.45. The van der Waals surface area contributed by atoms with E-state index in [4.69, 9.17) is 4.74 Å². The van der Waals surface area contributed by atoms with Crippen molar-refractivity contribution >= 4 is 11.8 Å². The van der Waals surface area contributed by atoms with Gasteiger partial charge in [-0.25, -0.2) is 4.39 Å². The van der Waals surface area contributed by atoms with Crippen LogP contribution in [0.3, 0.4) is 0 Å². The minimum absolute atomic E-state index is 0.0160. The second kappa shape index (κ2) is 15.7. The highest BCUT2D eigenvalue weighted by Crippen LogP contribution is 2.15. The third-order valence-electron chi connectivity index (χ3n) is 6.56. The smallest absolute Gasteiger partial charge is 0.242 e. The molecular weight excluding hydrogens is 481 g/mol. The molecule has 0 spiro atoms. The summed E-state index contributed by atoms with van der Waals surface area (Å²) in [6.45, 7) is 4.60. The van der Waals surface area contributed by atoms with Crippen molar-refractivity contribution in [2.24, 2.45) is 0 Å². The Bertz CT molecular complexity index is 1110. The molecule has 3 rings (SSSR count). The summed E-state index contributed by atoms with van der Waals surface area (Å²) in [7, 11) is 1.64. The van der Waals surface area contributed by atoms with E-state index in [2.05, 4.69) is 11.5 Å². The van der Waals surface area contributed by atoms with Gasteiger partial charge in [0.05, 0.1) is 13.1 Å². The molecule has 0 aliphatic carbocycles. The minimum Gasteiger partial charge on any atom is -0.385 e. The Kier molecular flexibility index (Phi) is 12.0. The van der Waals surface area contributed by atoms with Crippen molar-refractivity contribution in [2.75, 3.05) is 26.8 Å². The van der Waals surface area contributed by atoms with Crippen LogP contribution in [-0.2, 0) is 34.0 Å². The summed E-state index contributed by atoms with van der Waals surface area (Å²) < 4.78 is 20.6. The number of benzene rings is 2. The third-order valence-corrected chi connectivity index (χ3v) is 6.56. The molecule has 3 aromatic rings.